The molecule has 0 fully saturated rings. The summed E-state index contributed by atoms with van der Waals surface area (Å²) in [7, 11) is 0. The molecule has 38 heavy (non-hydrogen) atoms. The third kappa shape index (κ3) is 6.95. The van der Waals surface area contributed by atoms with Gasteiger partial charge in [-0.15, -0.1) is 0 Å². The van der Waals surface area contributed by atoms with Crippen LogP contribution in [0.15, 0.2) is 54.9 Å². The number of nitrogens with two attached hydrogens (primary N) is 1. The molecule has 4 aromatic rings. The number of ether oxygens (including phenoxy) is 1. The molecule has 9 heteroatoms. The fourth-order valence-electron chi connectivity index (χ4n) is 4.27. The Balaban J connectivity index is 1.19. The fraction of sp³-hybridized carbons (Fsp3) is 0.310. The van der Waals surface area contributed by atoms with Gasteiger partial charge in [0.15, 0.2) is 0 Å². The molecule has 1 atom stereocenters. The van der Waals surface area contributed by atoms with Crippen LogP contribution in [0.5, 0.6) is 0 Å². The summed E-state index contributed by atoms with van der Waals surface area (Å²) in [6, 6.07) is 15.3. The van der Waals surface area contributed by atoms with Gasteiger partial charge in [0.05, 0.1) is 24.1 Å². The molecule has 0 radical (unpaired) electrons. The number of carbonyl (C=O) groups excluding carboxylic acids is 1. The number of unbranched alkanes of at least 4 members (excludes halogenated alkanes) is 1. The molecule has 4 rings (SSSR count). The van der Waals surface area contributed by atoms with E-state index in [2.05, 4.69) is 21.7 Å². The summed E-state index contributed by atoms with van der Waals surface area (Å²) in [5, 5.41) is 19.4. The summed E-state index contributed by atoms with van der Waals surface area (Å²) in [5.41, 5.74) is 8.57. The standard InChI is InChI=1S/C29H31ClN6O2/c1-19(16-31)22-12-20(13-23(30)14-22)17-33-7-2-3-10-38-11-9-35-29-25-6-8-34-18-26(25)24-5-4-21(28(32)37)15-27(24)36-29/h4-6,8,12-15,18-19,33H,2-3,7,9-11,17H2,1H3,(H2,32,37)(H,35,36). The molecule has 1 amide bonds. The first-order valence-electron chi connectivity index (χ1n) is 12.6. The summed E-state index contributed by atoms with van der Waals surface area (Å²) < 4.78 is 5.80. The molecule has 2 aromatic heterocycles. The second kappa shape index (κ2) is 13.2. The van der Waals surface area contributed by atoms with Crippen LogP contribution in [-0.4, -0.2) is 42.2 Å². The van der Waals surface area contributed by atoms with Gasteiger partial charge in [0.25, 0.3) is 0 Å². The third-order valence-electron chi connectivity index (χ3n) is 6.31. The molecule has 196 valence electrons. The predicted octanol–water partition coefficient (Wildman–Crippen LogP) is 5.16. The number of carbonyl (C=O) groups is 1. The number of nitrogens with one attached hydrogen (secondary N) is 2. The predicted molar refractivity (Wildman–Crippen MR) is 151 cm³/mol. The summed E-state index contributed by atoms with van der Waals surface area (Å²) in [6.45, 7) is 5.26. The summed E-state index contributed by atoms with van der Waals surface area (Å²) >= 11 is 6.20. The van der Waals surface area contributed by atoms with Gasteiger partial charge in [-0.05, 0) is 67.8 Å². The van der Waals surface area contributed by atoms with Crippen molar-refractivity contribution in [3.05, 3.63) is 76.6 Å². The first kappa shape index (κ1) is 27.3. The van der Waals surface area contributed by atoms with Crippen molar-refractivity contribution in [1.82, 2.24) is 15.3 Å². The molecule has 2 heterocycles. The second-order valence-electron chi connectivity index (χ2n) is 9.14. The Morgan fingerprint density at radius 3 is 2.79 bits per heavy atom. The lowest BCUT2D eigenvalue weighted by atomic mass is 10.0. The Hall–Kier alpha value is -3.77. The molecular weight excluding hydrogens is 500 g/mol. The molecule has 1 unspecified atom stereocenters. The number of fused-ring (bicyclic) bond motifs is 3. The van der Waals surface area contributed by atoms with Crippen LogP contribution in [0.1, 0.15) is 47.2 Å². The molecule has 2 aromatic carbocycles. The maximum atomic E-state index is 11.6. The molecule has 0 saturated carbocycles. The number of anilines is 1. The largest absolute Gasteiger partial charge is 0.380 e. The van der Waals surface area contributed by atoms with E-state index in [4.69, 9.17) is 32.3 Å². The topological polar surface area (TPSA) is 126 Å². The van der Waals surface area contributed by atoms with Crippen molar-refractivity contribution in [2.24, 2.45) is 5.73 Å². The van der Waals surface area contributed by atoms with Crippen molar-refractivity contribution >= 4 is 45.0 Å². The Bertz CT molecular complexity index is 1470. The van der Waals surface area contributed by atoms with Gasteiger partial charge in [0.2, 0.25) is 5.91 Å². The fourth-order valence-corrected chi connectivity index (χ4v) is 4.53. The van der Waals surface area contributed by atoms with E-state index >= 15 is 0 Å². The summed E-state index contributed by atoms with van der Waals surface area (Å²) in [6.07, 6.45) is 5.47. The number of aromatic nitrogens is 2. The number of halogens is 1. The zero-order chi connectivity index (χ0) is 26.9. The normalized spacial score (nSPS) is 11.9. The van der Waals surface area contributed by atoms with Crippen molar-refractivity contribution < 1.29 is 9.53 Å². The van der Waals surface area contributed by atoms with Crippen LogP contribution in [0.2, 0.25) is 5.02 Å². The number of nitriles is 1. The number of hydrogen-bond acceptors (Lipinski definition) is 7. The van der Waals surface area contributed by atoms with Gasteiger partial charge < -0.3 is 21.1 Å². The molecule has 0 aliphatic heterocycles. The average molecular weight is 531 g/mol. The molecule has 0 saturated heterocycles. The third-order valence-corrected chi connectivity index (χ3v) is 6.53. The van der Waals surface area contributed by atoms with Gasteiger partial charge in [0, 0.05) is 58.8 Å². The first-order chi connectivity index (χ1) is 18.5. The highest BCUT2D eigenvalue weighted by Crippen LogP contribution is 2.29. The van der Waals surface area contributed by atoms with Crippen molar-refractivity contribution in [2.45, 2.75) is 32.2 Å². The van der Waals surface area contributed by atoms with Crippen molar-refractivity contribution in [2.75, 3.05) is 31.6 Å². The van der Waals surface area contributed by atoms with Gasteiger partial charge in [-0.2, -0.15) is 5.26 Å². The van der Waals surface area contributed by atoms with Crippen LogP contribution < -0.4 is 16.4 Å². The summed E-state index contributed by atoms with van der Waals surface area (Å²) in [4.78, 5) is 20.6. The number of pyridine rings is 2. The van der Waals surface area contributed by atoms with Crippen molar-refractivity contribution in [3.8, 4) is 6.07 Å². The van der Waals surface area contributed by atoms with E-state index in [9.17, 15) is 4.79 Å². The van der Waals surface area contributed by atoms with Crippen LogP contribution in [0, 0.1) is 11.3 Å². The minimum absolute atomic E-state index is 0.179. The minimum Gasteiger partial charge on any atom is -0.380 e. The SMILES string of the molecule is CC(C#N)c1cc(Cl)cc(CNCCCCOCCNc2nc3cc(C(N)=O)ccc3c3cnccc23)c1. The number of rotatable bonds is 13. The zero-order valence-electron chi connectivity index (χ0n) is 21.3. The van der Waals surface area contributed by atoms with E-state index in [0.29, 0.717) is 42.4 Å². The van der Waals surface area contributed by atoms with E-state index < -0.39 is 5.91 Å². The number of benzene rings is 2. The Morgan fingerprint density at radius 2 is 1.97 bits per heavy atom. The number of hydrogen-bond donors (Lipinski definition) is 3. The minimum atomic E-state index is -0.484. The van der Waals surface area contributed by atoms with E-state index in [0.717, 1.165) is 52.5 Å². The van der Waals surface area contributed by atoms with Crippen LogP contribution in [-0.2, 0) is 11.3 Å². The van der Waals surface area contributed by atoms with E-state index in [1.165, 1.54) is 0 Å². The maximum absolute atomic E-state index is 11.6. The number of primary amides is 1. The van der Waals surface area contributed by atoms with Crippen LogP contribution in [0.25, 0.3) is 21.7 Å². The number of amides is 1. The van der Waals surface area contributed by atoms with Gasteiger partial charge >= 0.3 is 0 Å². The van der Waals surface area contributed by atoms with Crippen LogP contribution in [0.3, 0.4) is 0 Å². The Kier molecular flexibility index (Phi) is 9.44. The molecule has 0 bridgehead atoms. The molecular formula is C29H31ClN6O2. The van der Waals surface area contributed by atoms with Gasteiger partial charge in [-0.3, -0.25) is 9.78 Å². The van der Waals surface area contributed by atoms with Gasteiger partial charge in [-0.25, -0.2) is 4.98 Å². The van der Waals surface area contributed by atoms with E-state index in [-0.39, 0.29) is 5.92 Å². The van der Waals surface area contributed by atoms with E-state index in [1.54, 1.807) is 24.5 Å². The highest BCUT2D eigenvalue weighted by atomic mass is 35.5. The smallest absolute Gasteiger partial charge is 0.248 e. The molecule has 8 nitrogen and oxygen atoms in total. The lowest BCUT2D eigenvalue weighted by Gasteiger charge is -2.12. The van der Waals surface area contributed by atoms with Crippen molar-refractivity contribution in [1.29, 1.82) is 5.26 Å². The van der Waals surface area contributed by atoms with Crippen LogP contribution >= 0.6 is 11.6 Å². The van der Waals surface area contributed by atoms with Gasteiger partial charge in [-0.1, -0.05) is 23.7 Å². The van der Waals surface area contributed by atoms with E-state index in [1.807, 2.05) is 37.3 Å². The molecule has 4 N–H and O–H groups in total. The lowest BCUT2D eigenvalue weighted by molar-refractivity contribution is 0.100. The quantitative estimate of drug-likeness (QED) is 0.161. The molecule has 0 spiro atoms. The monoisotopic (exact) mass is 530 g/mol. The van der Waals surface area contributed by atoms with Crippen molar-refractivity contribution in [3.63, 3.8) is 0 Å². The number of nitrogens with zero attached hydrogens (tertiary/aromatic N) is 3. The van der Waals surface area contributed by atoms with Gasteiger partial charge in [0.1, 0.15) is 5.82 Å². The average Bonchev–Trinajstić information content (AvgIpc) is 2.92. The van der Waals surface area contributed by atoms with Crippen LogP contribution in [0.4, 0.5) is 5.82 Å². The first-order valence-corrected chi connectivity index (χ1v) is 13.0. The second-order valence-corrected chi connectivity index (χ2v) is 9.58. The Labute approximate surface area is 227 Å². The maximum Gasteiger partial charge on any atom is 0.248 e. The Morgan fingerprint density at radius 1 is 1.11 bits per heavy atom. The molecule has 0 aliphatic rings. The zero-order valence-corrected chi connectivity index (χ0v) is 22.1. The molecule has 0 aliphatic carbocycles. The highest BCUT2D eigenvalue weighted by molar-refractivity contribution is 6.30. The highest BCUT2D eigenvalue weighted by Gasteiger charge is 2.11. The summed E-state index contributed by atoms with van der Waals surface area (Å²) in [5.74, 6) is 0.0566. The lowest BCUT2D eigenvalue weighted by Crippen LogP contribution is -2.16.